The van der Waals surface area contributed by atoms with Gasteiger partial charge in [-0.3, -0.25) is 0 Å². The number of hydrogen-bond donors (Lipinski definition) is 1. The second-order valence-electron chi connectivity index (χ2n) is 3.98. The van der Waals surface area contributed by atoms with Gasteiger partial charge in [0.2, 0.25) is 10.0 Å². The van der Waals surface area contributed by atoms with Crippen molar-refractivity contribution in [3.05, 3.63) is 28.7 Å². The van der Waals surface area contributed by atoms with Gasteiger partial charge in [0.05, 0.1) is 4.90 Å². The number of nitrogens with one attached hydrogen (secondary N) is 1. The molecular formula is C10H11Br2NO2S. The van der Waals surface area contributed by atoms with Gasteiger partial charge >= 0.3 is 0 Å². The summed E-state index contributed by atoms with van der Waals surface area (Å²) in [5.74, 6) is 0. The molecule has 0 aromatic heterocycles. The number of rotatable bonds is 4. The van der Waals surface area contributed by atoms with Crippen molar-refractivity contribution in [1.29, 1.82) is 0 Å². The van der Waals surface area contributed by atoms with Crippen molar-refractivity contribution in [3.8, 4) is 0 Å². The quantitative estimate of drug-likeness (QED) is 0.830. The fourth-order valence-corrected chi connectivity index (χ4v) is 4.33. The Morgan fingerprint density at radius 1 is 1.38 bits per heavy atom. The lowest BCUT2D eigenvalue weighted by atomic mass is 10.4. The Bertz CT molecular complexity index is 497. The van der Waals surface area contributed by atoms with Gasteiger partial charge in [-0.15, -0.1) is 0 Å². The van der Waals surface area contributed by atoms with E-state index in [0.29, 0.717) is 10.2 Å². The van der Waals surface area contributed by atoms with Gasteiger partial charge in [-0.25, -0.2) is 13.1 Å². The summed E-state index contributed by atoms with van der Waals surface area (Å²) in [6.07, 6.45) is 1.79. The third-order valence-electron chi connectivity index (χ3n) is 2.57. The van der Waals surface area contributed by atoms with Gasteiger partial charge in [-0.05, 0) is 31.0 Å². The second kappa shape index (κ2) is 4.40. The van der Waals surface area contributed by atoms with Crippen LogP contribution in [0, 0.1) is 0 Å². The van der Waals surface area contributed by atoms with Crippen LogP contribution < -0.4 is 4.72 Å². The van der Waals surface area contributed by atoms with Gasteiger partial charge in [-0.2, -0.15) is 0 Å². The van der Waals surface area contributed by atoms with E-state index in [1.165, 1.54) is 0 Å². The molecule has 1 fully saturated rings. The second-order valence-corrected chi connectivity index (χ2v) is 7.14. The third kappa shape index (κ3) is 2.67. The SMILES string of the molecule is O=S(=O)(NC1(CBr)CC1)c1cccc(Br)c1. The maximum atomic E-state index is 12.0. The maximum absolute atomic E-state index is 12.0. The molecule has 3 nitrogen and oxygen atoms in total. The molecule has 0 amide bonds. The average molecular weight is 369 g/mol. The smallest absolute Gasteiger partial charge is 0.207 e. The highest BCUT2D eigenvalue weighted by Gasteiger charge is 2.45. The number of alkyl halides is 1. The van der Waals surface area contributed by atoms with Crippen LogP contribution in [0.3, 0.4) is 0 Å². The molecule has 0 atom stereocenters. The third-order valence-corrected chi connectivity index (χ3v) is 5.71. The molecule has 0 unspecified atom stereocenters. The Kier molecular flexibility index (Phi) is 3.45. The molecule has 1 aliphatic carbocycles. The molecule has 6 heteroatoms. The first kappa shape index (κ1) is 12.5. The van der Waals surface area contributed by atoms with Crippen LogP contribution in [0.5, 0.6) is 0 Å². The van der Waals surface area contributed by atoms with E-state index in [1.54, 1.807) is 24.3 Å². The first-order valence-corrected chi connectivity index (χ1v) is 8.23. The molecule has 1 aromatic carbocycles. The number of benzene rings is 1. The molecular weight excluding hydrogens is 358 g/mol. The largest absolute Gasteiger partial charge is 0.241 e. The Morgan fingerprint density at radius 2 is 2.06 bits per heavy atom. The predicted molar refractivity (Wildman–Crippen MR) is 70.2 cm³/mol. The Hall–Kier alpha value is 0.0900. The maximum Gasteiger partial charge on any atom is 0.241 e. The molecule has 16 heavy (non-hydrogen) atoms. The fraction of sp³-hybridized carbons (Fsp3) is 0.400. The highest BCUT2D eigenvalue weighted by molar-refractivity contribution is 9.10. The summed E-state index contributed by atoms with van der Waals surface area (Å²) < 4.78 is 27.6. The first-order valence-electron chi connectivity index (χ1n) is 4.83. The van der Waals surface area contributed by atoms with Crippen LogP contribution in [0.2, 0.25) is 0 Å². The van der Waals surface area contributed by atoms with Gasteiger partial charge in [0.15, 0.2) is 0 Å². The molecule has 1 aliphatic rings. The van der Waals surface area contributed by atoms with E-state index in [-0.39, 0.29) is 5.54 Å². The fourth-order valence-electron chi connectivity index (χ4n) is 1.39. The summed E-state index contributed by atoms with van der Waals surface area (Å²) >= 11 is 6.60. The standard InChI is InChI=1S/C10H11Br2NO2S/c11-7-10(4-5-10)13-16(14,15)9-3-1-2-8(12)6-9/h1-3,6,13H,4-5,7H2. The zero-order valence-electron chi connectivity index (χ0n) is 8.41. The summed E-state index contributed by atoms with van der Waals surface area (Å²) in [7, 11) is -3.40. The average Bonchev–Trinajstić information content (AvgIpc) is 2.98. The van der Waals surface area contributed by atoms with Crippen LogP contribution in [0.1, 0.15) is 12.8 Å². The minimum absolute atomic E-state index is 0.263. The molecule has 1 aromatic rings. The van der Waals surface area contributed by atoms with E-state index in [9.17, 15) is 8.42 Å². The van der Waals surface area contributed by atoms with Crippen molar-refractivity contribution >= 4 is 41.9 Å². The normalized spacial score (nSPS) is 18.4. The lowest BCUT2D eigenvalue weighted by Gasteiger charge is -2.14. The van der Waals surface area contributed by atoms with Crippen LogP contribution in [0.15, 0.2) is 33.6 Å². The molecule has 0 spiro atoms. The zero-order chi connectivity index (χ0) is 11.8. The van der Waals surface area contributed by atoms with Crippen molar-refractivity contribution in [1.82, 2.24) is 4.72 Å². The lowest BCUT2D eigenvalue weighted by Crippen LogP contribution is -2.37. The van der Waals surface area contributed by atoms with Crippen LogP contribution in [0.4, 0.5) is 0 Å². The number of halogens is 2. The molecule has 2 rings (SSSR count). The highest BCUT2D eigenvalue weighted by Crippen LogP contribution is 2.38. The van der Waals surface area contributed by atoms with Crippen LogP contribution >= 0.6 is 31.9 Å². The van der Waals surface area contributed by atoms with E-state index in [0.717, 1.165) is 17.3 Å². The Balaban J connectivity index is 2.26. The van der Waals surface area contributed by atoms with E-state index in [1.807, 2.05) is 0 Å². The van der Waals surface area contributed by atoms with Gasteiger partial charge in [-0.1, -0.05) is 37.9 Å². The van der Waals surface area contributed by atoms with Crippen LogP contribution in [0.25, 0.3) is 0 Å². The Morgan fingerprint density at radius 3 is 2.56 bits per heavy atom. The molecule has 0 heterocycles. The van der Waals surface area contributed by atoms with E-state index < -0.39 is 10.0 Å². The summed E-state index contributed by atoms with van der Waals surface area (Å²) in [5, 5.41) is 0.660. The first-order chi connectivity index (χ1) is 7.47. The van der Waals surface area contributed by atoms with Gasteiger partial charge < -0.3 is 0 Å². The van der Waals surface area contributed by atoms with Crippen molar-refractivity contribution in [2.45, 2.75) is 23.3 Å². The lowest BCUT2D eigenvalue weighted by molar-refractivity contribution is 0.561. The minimum Gasteiger partial charge on any atom is -0.207 e. The number of sulfonamides is 1. The van der Waals surface area contributed by atoms with Gasteiger partial charge in [0.25, 0.3) is 0 Å². The molecule has 0 bridgehead atoms. The molecule has 0 saturated heterocycles. The monoisotopic (exact) mass is 367 g/mol. The summed E-state index contributed by atoms with van der Waals surface area (Å²) in [6.45, 7) is 0. The summed E-state index contributed by atoms with van der Waals surface area (Å²) in [5.41, 5.74) is -0.263. The molecule has 1 N–H and O–H groups in total. The van der Waals surface area contributed by atoms with E-state index in [2.05, 4.69) is 36.6 Å². The summed E-state index contributed by atoms with van der Waals surface area (Å²) in [4.78, 5) is 0.300. The molecule has 88 valence electrons. The minimum atomic E-state index is -3.40. The van der Waals surface area contributed by atoms with E-state index in [4.69, 9.17) is 0 Å². The molecule has 1 saturated carbocycles. The van der Waals surface area contributed by atoms with Crippen molar-refractivity contribution in [2.75, 3.05) is 5.33 Å². The predicted octanol–water partition coefficient (Wildman–Crippen LogP) is 2.65. The topological polar surface area (TPSA) is 46.2 Å². The summed E-state index contributed by atoms with van der Waals surface area (Å²) in [6, 6.07) is 6.72. The van der Waals surface area contributed by atoms with Crippen molar-refractivity contribution in [2.24, 2.45) is 0 Å². The zero-order valence-corrected chi connectivity index (χ0v) is 12.4. The molecule has 0 aliphatic heterocycles. The van der Waals surface area contributed by atoms with Crippen molar-refractivity contribution < 1.29 is 8.42 Å². The Labute approximate surface area is 112 Å². The highest BCUT2D eigenvalue weighted by atomic mass is 79.9. The van der Waals surface area contributed by atoms with Gasteiger partial charge in [0, 0.05) is 15.3 Å². The van der Waals surface area contributed by atoms with Crippen molar-refractivity contribution in [3.63, 3.8) is 0 Å². The van der Waals surface area contributed by atoms with Crippen LogP contribution in [-0.2, 0) is 10.0 Å². The number of hydrogen-bond acceptors (Lipinski definition) is 2. The van der Waals surface area contributed by atoms with Crippen LogP contribution in [-0.4, -0.2) is 19.3 Å². The van der Waals surface area contributed by atoms with Gasteiger partial charge in [0.1, 0.15) is 0 Å². The van der Waals surface area contributed by atoms with E-state index >= 15 is 0 Å². The molecule has 0 radical (unpaired) electrons.